The van der Waals surface area contributed by atoms with Crippen molar-refractivity contribution in [3.63, 3.8) is 0 Å². The summed E-state index contributed by atoms with van der Waals surface area (Å²) in [5, 5.41) is 4.93. The smallest absolute Gasteiger partial charge is 0.321 e. The van der Waals surface area contributed by atoms with E-state index >= 15 is 0 Å². The number of nitrogens with one attached hydrogen (secondary N) is 2. The van der Waals surface area contributed by atoms with Crippen molar-refractivity contribution in [1.82, 2.24) is 10.6 Å². The first kappa shape index (κ1) is 21.4. The van der Waals surface area contributed by atoms with Gasteiger partial charge in [0.05, 0.1) is 15.6 Å². The molecule has 1 aromatic heterocycles. The summed E-state index contributed by atoms with van der Waals surface area (Å²) in [6.45, 7) is 1.50. The van der Waals surface area contributed by atoms with Crippen LogP contribution in [0.3, 0.4) is 0 Å². The second-order valence-corrected chi connectivity index (χ2v) is 8.29. The Hall–Kier alpha value is -1.93. The van der Waals surface area contributed by atoms with Crippen molar-refractivity contribution in [3.05, 3.63) is 21.3 Å². The number of thiophene rings is 1. The minimum atomic E-state index is -0.708. The molecule has 1 aliphatic carbocycles. The molecule has 2 atom stereocenters. The molecule has 1 saturated carbocycles. The fourth-order valence-corrected chi connectivity index (χ4v) is 3.93. The van der Waals surface area contributed by atoms with Crippen LogP contribution in [-0.2, 0) is 14.3 Å². The Morgan fingerprint density at radius 1 is 1.19 bits per heavy atom. The van der Waals surface area contributed by atoms with Crippen molar-refractivity contribution in [2.75, 3.05) is 6.61 Å². The summed E-state index contributed by atoms with van der Waals surface area (Å²) < 4.78 is 5.30. The highest BCUT2D eigenvalue weighted by molar-refractivity contribution is 7.18. The van der Waals surface area contributed by atoms with E-state index in [0.717, 1.165) is 37.0 Å². The van der Waals surface area contributed by atoms with E-state index in [1.54, 1.807) is 12.1 Å². The van der Waals surface area contributed by atoms with Gasteiger partial charge in [0.15, 0.2) is 12.4 Å². The molecule has 0 aliphatic heterocycles. The zero-order valence-electron chi connectivity index (χ0n) is 15.1. The molecular weight excluding hydrogens is 392 g/mol. The van der Waals surface area contributed by atoms with Crippen molar-refractivity contribution in [2.45, 2.75) is 51.5 Å². The maximum Gasteiger partial charge on any atom is 0.321 e. The van der Waals surface area contributed by atoms with Gasteiger partial charge in [-0.25, -0.2) is 4.79 Å². The minimum Gasteiger partial charge on any atom is -0.456 e. The van der Waals surface area contributed by atoms with Gasteiger partial charge in [-0.3, -0.25) is 19.7 Å². The number of ketones is 1. The lowest BCUT2D eigenvalue weighted by Crippen LogP contribution is -2.48. The van der Waals surface area contributed by atoms with Crippen molar-refractivity contribution in [2.24, 2.45) is 5.92 Å². The van der Waals surface area contributed by atoms with E-state index in [1.807, 2.05) is 0 Å². The Bertz CT molecular complexity index is 706. The summed E-state index contributed by atoms with van der Waals surface area (Å²) in [6.07, 6.45) is 3.97. The summed E-state index contributed by atoms with van der Waals surface area (Å²) in [4.78, 5) is 47.6. The van der Waals surface area contributed by atoms with E-state index < -0.39 is 24.5 Å². The molecule has 1 heterocycles. The van der Waals surface area contributed by atoms with Gasteiger partial charge in [-0.1, -0.05) is 31.4 Å². The summed E-state index contributed by atoms with van der Waals surface area (Å²) in [7, 11) is 0. The molecule has 0 spiro atoms. The van der Waals surface area contributed by atoms with Crippen LogP contribution in [0, 0.1) is 5.92 Å². The molecule has 3 amide bonds. The topological polar surface area (TPSA) is 102 Å². The molecule has 148 valence electrons. The van der Waals surface area contributed by atoms with Crippen LogP contribution in [0.5, 0.6) is 0 Å². The van der Waals surface area contributed by atoms with E-state index in [0.29, 0.717) is 15.1 Å². The molecule has 0 unspecified atom stereocenters. The maximum absolute atomic E-state index is 11.9. The molecule has 1 aliphatic rings. The highest BCUT2D eigenvalue weighted by Crippen LogP contribution is 2.24. The van der Waals surface area contributed by atoms with Crippen LogP contribution in [0.25, 0.3) is 0 Å². The molecule has 1 aromatic rings. The van der Waals surface area contributed by atoms with Gasteiger partial charge < -0.3 is 10.1 Å². The second-order valence-electron chi connectivity index (χ2n) is 6.58. The number of Topliss-reactive ketones (excluding diaryl/α,β-unsaturated/α-hetero) is 1. The standard InChI is InChI=1S/C18H23ClN2O5S/c1-11-4-2-3-5-12(11)20-18(25)21-16(23)10-26-17(24)9-6-13(22)14-7-8-15(19)27-14/h7-8,11-12H,2-6,9-10H2,1H3,(H2,20,21,23,25)/t11-,12-/m1/s1. The molecule has 1 fully saturated rings. The first-order valence-corrected chi connectivity index (χ1v) is 10.1. The molecule has 0 bridgehead atoms. The van der Waals surface area contributed by atoms with Gasteiger partial charge in [0.25, 0.3) is 5.91 Å². The molecule has 7 nitrogen and oxygen atoms in total. The highest BCUT2D eigenvalue weighted by Gasteiger charge is 2.23. The predicted octanol–water partition coefficient (Wildman–Crippen LogP) is 3.31. The summed E-state index contributed by atoms with van der Waals surface area (Å²) >= 11 is 6.90. The number of imide groups is 1. The average Bonchev–Trinajstić information content (AvgIpc) is 3.06. The number of halogens is 1. The number of carbonyl (C=O) groups is 4. The third-order valence-electron chi connectivity index (χ3n) is 4.45. The summed E-state index contributed by atoms with van der Waals surface area (Å²) in [5.74, 6) is -1.23. The van der Waals surface area contributed by atoms with Gasteiger partial charge in [-0.2, -0.15) is 0 Å². The van der Waals surface area contributed by atoms with Gasteiger partial charge in [-0.15, -0.1) is 11.3 Å². The highest BCUT2D eigenvalue weighted by atomic mass is 35.5. The Balaban J connectivity index is 1.63. The fraction of sp³-hybridized carbons (Fsp3) is 0.556. The van der Waals surface area contributed by atoms with Crippen molar-refractivity contribution >= 4 is 46.6 Å². The Kier molecular flexibility index (Phi) is 8.24. The van der Waals surface area contributed by atoms with E-state index in [9.17, 15) is 19.2 Å². The quantitative estimate of drug-likeness (QED) is 0.526. The predicted molar refractivity (Wildman–Crippen MR) is 102 cm³/mol. The van der Waals surface area contributed by atoms with Gasteiger partial charge >= 0.3 is 12.0 Å². The van der Waals surface area contributed by atoms with Crippen LogP contribution < -0.4 is 10.6 Å². The van der Waals surface area contributed by atoms with E-state index in [-0.39, 0.29) is 24.7 Å². The minimum absolute atomic E-state index is 0.0304. The third-order valence-corrected chi connectivity index (χ3v) is 5.72. The number of amides is 3. The van der Waals surface area contributed by atoms with Gasteiger partial charge in [0.1, 0.15) is 0 Å². The molecule has 2 rings (SSSR count). The van der Waals surface area contributed by atoms with E-state index in [4.69, 9.17) is 16.3 Å². The molecule has 27 heavy (non-hydrogen) atoms. The van der Waals surface area contributed by atoms with E-state index in [2.05, 4.69) is 17.6 Å². The van der Waals surface area contributed by atoms with Crippen LogP contribution in [0.1, 0.15) is 55.1 Å². The monoisotopic (exact) mass is 414 g/mol. The third kappa shape index (κ3) is 7.30. The van der Waals surface area contributed by atoms with Gasteiger partial charge in [0.2, 0.25) is 0 Å². The lowest BCUT2D eigenvalue weighted by molar-refractivity contribution is -0.148. The Morgan fingerprint density at radius 3 is 2.59 bits per heavy atom. The molecule has 0 aromatic carbocycles. The largest absolute Gasteiger partial charge is 0.456 e. The SMILES string of the molecule is C[C@@H]1CCCC[C@H]1NC(=O)NC(=O)COC(=O)CCC(=O)c1ccc(Cl)s1. The molecule has 0 saturated heterocycles. The van der Waals surface area contributed by atoms with Crippen molar-refractivity contribution in [1.29, 1.82) is 0 Å². The number of rotatable bonds is 7. The number of hydrogen-bond donors (Lipinski definition) is 2. The normalized spacial score (nSPS) is 19.2. The Labute approximate surface area is 166 Å². The Morgan fingerprint density at radius 2 is 1.93 bits per heavy atom. The summed E-state index contributed by atoms with van der Waals surface area (Å²) in [6, 6.07) is 2.67. The van der Waals surface area contributed by atoms with Gasteiger partial charge in [0, 0.05) is 12.5 Å². The van der Waals surface area contributed by atoms with Crippen LogP contribution >= 0.6 is 22.9 Å². The van der Waals surface area contributed by atoms with E-state index in [1.165, 1.54) is 0 Å². The zero-order valence-corrected chi connectivity index (χ0v) is 16.7. The van der Waals surface area contributed by atoms with Crippen molar-refractivity contribution < 1.29 is 23.9 Å². The molecule has 0 radical (unpaired) electrons. The number of urea groups is 1. The lowest BCUT2D eigenvalue weighted by atomic mass is 9.86. The lowest BCUT2D eigenvalue weighted by Gasteiger charge is -2.29. The van der Waals surface area contributed by atoms with Gasteiger partial charge in [-0.05, 0) is 30.9 Å². The van der Waals surface area contributed by atoms with Crippen LogP contribution in [0.4, 0.5) is 4.79 Å². The zero-order chi connectivity index (χ0) is 19.8. The van der Waals surface area contributed by atoms with Crippen LogP contribution in [0.2, 0.25) is 4.34 Å². The number of carbonyl (C=O) groups excluding carboxylic acids is 4. The number of esters is 1. The van der Waals surface area contributed by atoms with Crippen LogP contribution in [0.15, 0.2) is 12.1 Å². The molecule has 9 heteroatoms. The average molecular weight is 415 g/mol. The first-order valence-electron chi connectivity index (χ1n) is 8.89. The summed E-state index contributed by atoms with van der Waals surface area (Å²) in [5.41, 5.74) is 0. The van der Waals surface area contributed by atoms with Crippen LogP contribution in [-0.4, -0.2) is 36.3 Å². The second kappa shape index (κ2) is 10.4. The molecular formula is C18H23ClN2O5S. The van der Waals surface area contributed by atoms with Crippen molar-refractivity contribution in [3.8, 4) is 0 Å². The first-order chi connectivity index (χ1) is 12.8. The number of hydrogen-bond acceptors (Lipinski definition) is 6. The number of ether oxygens (including phenoxy) is 1. The maximum atomic E-state index is 11.9. The molecule has 2 N–H and O–H groups in total. The fourth-order valence-electron chi connectivity index (χ4n) is 2.92.